The van der Waals surface area contributed by atoms with E-state index in [0.717, 1.165) is 30.4 Å². The molecular formula is C16H15BrFN3O. The fourth-order valence-corrected chi connectivity index (χ4v) is 3.91. The van der Waals surface area contributed by atoms with Gasteiger partial charge in [-0.1, -0.05) is 6.42 Å². The monoisotopic (exact) mass is 363 g/mol. The molecule has 1 aliphatic carbocycles. The number of nitrogen functional groups attached to an aromatic ring is 1. The first-order valence-electron chi connectivity index (χ1n) is 7.38. The number of nitrogens with zero attached hydrogens (tertiary/aromatic N) is 2. The van der Waals surface area contributed by atoms with E-state index >= 15 is 0 Å². The number of benzene rings is 1. The molecule has 2 aliphatic rings. The van der Waals surface area contributed by atoms with Crippen LogP contribution in [0.5, 0.6) is 0 Å². The van der Waals surface area contributed by atoms with Gasteiger partial charge in [-0.3, -0.25) is 4.90 Å². The van der Waals surface area contributed by atoms with Crippen molar-refractivity contribution in [3.63, 3.8) is 0 Å². The van der Waals surface area contributed by atoms with Gasteiger partial charge in [0.05, 0.1) is 21.7 Å². The van der Waals surface area contributed by atoms with Crippen LogP contribution in [0.15, 0.2) is 16.6 Å². The van der Waals surface area contributed by atoms with Crippen LogP contribution in [0.4, 0.5) is 10.1 Å². The maximum atomic E-state index is 13.7. The molecule has 1 saturated carbocycles. The lowest BCUT2D eigenvalue weighted by atomic mass is 9.90. The summed E-state index contributed by atoms with van der Waals surface area (Å²) in [6.45, 7) is 0.604. The van der Waals surface area contributed by atoms with Crippen LogP contribution in [0.3, 0.4) is 0 Å². The molecule has 4 rings (SSSR count). The summed E-state index contributed by atoms with van der Waals surface area (Å²) in [4.78, 5) is 18.4. The number of rotatable bonds is 2. The van der Waals surface area contributed by atoms with E-state index in [-0.39, 0.29) is 11.9 Å². The molecule has 4 nitrogen and oxygen atoms in total. The highest BCUT2D eigenvalue weighted by Gasteiger charge is 2.39. The molecule has 2 aromatic rings. The van der Waals surface area contributed by atoms with Crippen molar-refractivity contribution < 1.29 is 9.18 Å². The number of anilines is 1. The molecule has 2 N–H and O–H groups in total. The van der Waals surface area contributed by atoms with Crippen LogP contribution in [-0.2, 0) is 11.3 Å². The maximum absolute atomic E-state index is 13.7. The zero-order chi connectivity index (χ0) is 15.4. The second kappa shape index (κ2) is 4.99. The normalized spacial score (nSPS) is 21.8. The van der Waals surface area contributed by atoms with Crippen LogP contribution in [0.1, 0.15) is 36.6 Å². The Morgan fingerprint density at radius 2 is 2.18 bits per heavy atom. The van der Waals surface area contributed by atoms with Crippen molar-refractivity contribution in [2.45, 2.75) is 37.9 Å². The van der Waals surface area contributed by atoms with Crippen LogP contribution < -0.4 is 5.73 Å². The van der Waals surface area contributed by atoms with E-state index in [4.69, 9.17) is 5.73 Å². The lowest BCUT2D eigenvalue weighted by molar-refractivity contribution is -0.113. The van der Waals surface area contributed by atoms with Crippen molar-refractivity contribution >= 4 is 38.8 Å². The van der Waals surface area contributed by atoms with Gasteiger partial charge in [0, 0.05) is 29.2 Å². The molecule has 1 atom stereocenters. The van der Waals surface area contributed by atoms with Gasteiger partial charge in [0.1, 0.15) is 12.1 Å². The van der Waals surface area contributed by atoms with Gasteiger partial charge in [0.25, 0.3) is 0 Å². The maximum Gasteiger partial charge on any atom is 0.141 e. The number of halogens is 2. The van der Waals surface area contributed by atoms with Gasteiger partial charge in [0.2, 0.25) is 0 Å². The van der Waals surface area contributed by atoms with Gasteiger partial charge >= 0.3 is 0 Å². The molecule has 6 heteroatoms. The highest BCUT2D eigenvalue weighted by Crippen LogP contribution is 2.44. The number of fused-ring (bicyclic) bond motifs is 2. The number of aldehydes is 1. The number of hydrogen-bond acceptors (Lipinski definition) is 4. The molecule has 0 saturated heterocycles. The molecule has 1 aliphatic heterocycles. The van der Waals surface area contributed by atoms with Gasteiger partial charge in [-0.05, 0) is 40.9 Å². The lowest BCUT2D eigenvalue weighted by Gasteiger charge is -2.36. The minimum absolute atomic E-state index is 0.323. The molecule has 0 bridgehead atoms. The Kier molecular flexibility index (Phi) is 3.20. The predicted molar refractivity (Wildman–Crippen MR) is 85.8 cm³/mol. The second-order valence-corrected chi connectivity index (χ2v) is 6.77. The highest BCUT2D eigenvalue weighted by molar-refractivity contribution is 9.10. The predicted octanol–water partition coefficient (Wildman–Crippen LogP) is 3.33. The highest BCUT2D eigenvalue weighted by atomic mass is 79.9. The summed E-state index contributed by atoms with van der Waals surface area (Å²) in [5.74, 6) is -0.361. The number of carbonyl (C=O) groups excluding carboxylic acids is 1. The number of hydrogen-bond donors (Lipinski definition) is 1. The van der Waals surface area contributed by atoms with E-state index in [1.54, 1.807) is 6.07 Å². The van der Waals surface area contributed by atoms with Crippen LogP contribution in [0, 0.1) is 5.82 Å². The van der Waals surface area contributed by atoms with Gasteiger partial charge in [-0.15, -0.1) is 0 Å². The van der Waals surface area contributed by atoms with Crippen LogP contribution in [-0.4, -0.2) is 22.2 Å². The molecule has 1 unspecified atom stereocenters. The number of aromatic nitrogens is 1. The molecule has 1 aromatic carbocycles. The summed E-state index contributed by atoms with van der Waals surface area (Å²) in [7, 11) is 0. The first-order chi connectivity index (χ1) is 10.6. The van der Waals surface area contributed by atoms with Crippen molar-refractivity contribution in [2.75, 3.05) is 5.73 Å². The summed E-state index contributed by atoms with van der Waals surface area (Å²) < 4.78 is 14.1. The van der Waals surface area contributed by atoms with E-state index in [1.807, 2.05) is 0 Å². The number of nitrogens with two attached hydrogens (primary N) is 1. The first kappa shape index (κ1) is 14.1. The Morgan fingerprint density at radius 1 is 1.41 bits per heavy atom. The average Bonchev–Trinajstić information content (AvgIpc) is 2.80. The van der Waals surface area contributed by atoms with Crippen LogP contribution in [0.25, 0.3) is 10.9 Å². The van der Waals surface area contributed by atoms with Crippen molar-refractivity contribution in [1.82, 2.24) is 9.88 Å². The van der Waals surface area contributed by atoms with Gasteiger partial charge in [0.15, 0.2) is 0 Å². The summed E-state index contributed by atoms with van der Waals surface area (Å²) in [6.07, 6.45) is 4.36. The summed E-state index contributed by atoms with van der Waals surface area (Å²) in [6, 6.07) is 3.09. The second-order valence-electron chi connectivity index (χ2n) is 5.98. The molecule has 0 amide bonds. The Morgan fingerprint density at radius 3 is 2.82 bits per heavy atom. The first-order valence-corrected chi connectivity index (χ1v) is 8.18. The largest absolute Gasteiger partial charge is 0.398 e. The zero-order valence-corrected chi connectivity index (χ0v) is 13.4. The molecule has 0 radical (unpaired) electrons. The Bertz CT molecular complexity index is 791. The standard InChI is InChI=1S/C16H15BrFN3O/c17-14-10(18)5-4-9-15(19)13-11(20-16(9)14)6-21(12(13)7-22)8-2-1-3-8/h4-5,7-8,12H,1-3,6H2,(H2,19,20). The molecular weight excluding hydrogens is 349 g/mol. The van der Waals surface area contributed by atoms with Gasteiger partial charge in [-0.25, -0.2) is 9.37 Å². The lowest BCUT2D eigenvalue weighted by Crippen LogP contribution is -2.39. The average molecular weight is 364 g/mol. The van der Waals surface area contributed by atoms with Crippen LogP contribution in [0.2, 0.25) is 0 Å². The fraction of sp³-hybridized carbons (Fsp3) is 0.375. The van der Waals surface area contributed by atoms with E-state index in [0.29, 0.717) is 33.6 Å². The third-order valence-electron chi connectivity index (χ3n) is 4.87. The molecule has 114 valence electrons. The molecule has 0 spiro atoms. The molecule has 22 heavy (non-hydrogen) atoms. The Balaban J connectivity index is 1.92. The minimum atomic E-state index is -0.361. The summed E-state index contributed by atoms with van der Waals surface area (Å²) in [5, 5.41) is 0.689. The van der Waals surface area contributed by atoms with Crippen LogP contribution >= 0.6 is 15.9 Å². The van der Waals surface area contributed by atoms with E-state index in [9.17, 15) is 9.18 Å². The van der Waals surface area contributed by atoms with Crippen molar-refractivity contribution in [1.29, 1.82) is 0 Å². The van der Waals surface area contributed by atoms with E-state index in [1.165, 1.54) is 12.5 Å². The third kappa shape index (κ3) is 1.83. The number of pyridine rings is 1. The van der Waals surface area contributed by atoms with Gasteiger partial charge in [-0.2, -0.15) is 0 Å². The molecule has 1 fully saturated rings. The Hall–Kier alpha value is -1.53. The summed E-state index contributed by atoms with van der Waals surface area (Å²) >= 11 is 3.25. The molecule has 1 aromatic heterocycles. The fourth-order valence-electron chi connectivity index (χ4n) is 3.47. The summed E-state index contributed by atoms with van der Waals surface area (Å²) in [5.41, 5.74) is 8.96. The quantitative estimate of drug-likeness (QED) is 0.831. The zero-order valence-electron chi connectivity index (χ0n) is 11.9. The topological polar surface area (TPSA) is 59.2 Å². The molecule has 2 heterocycles. The Labute approximate surface area is 135 Å². The minimum Gasteiger partial charge on any atom is -0.398 e. The van der Waals surface area contributed by atoms with E-state index in [2.05, 4.69) is 25.8 Å². The van der Waals surface area contributed by atoms with Gasteiger partial charge < -0.3 is 10.5 Å². The van der Waals surface area contributed by atoms with Crippen molar-refractivity contribution in [3.05, 3.63) is 33.7 Å². The smallest absolute Gasteiger partial charge is 0.141 e. The van der Waals surface area contributed by atoms with Crippen molar-refractivity contribution in [2.24, 2.45) is 0 Å². The van der Waals surface area contributed by atoms with E-state index < -0.39 is 0 Å². The number of carbonyl (C=O) groups is 1. The SMILES string of the molecule is Nc1c2c(nc3c(Br)c(F)ccc13)CN(C1CCC1)C2C=O. The van der Waals surface area contributed by atoms with Crippen molar-refractivity contribution in [3.8, 4) is 0 Å². The third-order valence-corrected chi connectivity index (χ3v) is 5.62.